The van der Waals surface area contributed by atoms with Gasteiger partial charge in [-0.3, -0.25) is 4.79 Å². The number of rotatable bonds is 4. The Morgan fingerprint density at radius 1 is 1.47 bits per heavy atom. The second-order valence-electron chi connectivity index (χ2n) is 3.45. The average Bonchev–Trinajstić information content (AvgIpc) is 2.25. The maximum absolute atomic E-state index is 12.6. The van der Waals surface area contributed by atoms with Gasteiger partial charge in [-0.1, -0.05) is 0 Å². The lowest BCUT2D eigenvalue weighted by molar-refractivity contribution is -0.139. The van der Waals surface area contributed by atoms with E-state index in [4.69, 9.17) is 5.11 Å². The van der Waals surface area contributed by atoms with Crippen LogP contribution in [0.4, 0.5) is 22.0 Å². The summed E-state index contributed by atoms with van der Waals surface area (Å²) in [5, 5.41) is 8.52. The van der Waals surface area contributed by atoms with Crippen LogP contribution < -0.4 is 4.74 Å². The van der Waals surface area contributed by atoms with Crippen LogP contribution in [0.15, 0.2) is 6.07 Å². The number of alkyl halides is 5. The van der Waals surface area contributed by atoms with Crippen LogP contribution in [-0.2, 0) is 17.4 Å². The van der Waals surface area contributed by atoms with Crippen molar-refractivity contribution in [1.29, 1.82) is 0 Å². The maximum Gasteiger partial charge on any atom is 0.421 e. The van der Waals surface area contributed by atoms with Gasteiger partial charge >= 0.3 is 12.1 Å². The van der Waals surface area contributed by atoms with Crippen LogP contribution in [0.2, 0.25) is 0 Å². The van der Waals surface area contributed by atoms with Crippen LogP contribution in [0.25, 0.3) is 0 Å². The molecular weight excluding hydrogens is 277 g/mol. The quantitative estimate of drug-likeness (QED) is 0.864. The molecule has 0 aromatic carbocycles. The summed E-state index contributed by atoms with van der Waals surface area (Å²) in [6, 6.07) is 0.161. The number of nitrogens with zero attached hydrogens (tertiary/aromatic N) is 1. The van der Waals surface area contributed by atoms with Crippen LogP contribution >= 0.6 is 0 Å². The summed E-state index contributed by atoms with van der Waals surface area (Å²) in [7, 11) is 0.879. The molecule has 1 aromatic rings. The minimum atomic E-state index is -4.93. The Hall–Kier alpha value is -1.93. The normalized spacial score (nSPS) is 11.7. The molecule has 4 nitrogen and oxygen atoms in total. The fourth-order valence-electron chi connectivity index (χ4n) is 1.38. The second-order valence-corrected chi connectivity index (χ2v) is 3.45. The lowest BCUT2D eigenvalue weighted by Crippen LogP contribution is -2.14. The van der Waals surface area contributed by atoms with Gasteiger partial charge in [0.05, 0.1) is 19.2 Å². The van der Waals surface area contributed by atoms with E-state index in [0.717, 1.165) is 7.11 Å². The third-order valence-corrected chi connectivity index (χ3v) is 2.15. The van der Waals surface area contributed by atoms with Gasteiger partial charge in [0, 0.05) is 5.56 Å². The molecule has 0 spiro atoms. The van der Waals surface area contributed by atoms with Crippen molar-refractivity contribution < 1.29 is 36.6 Å². The van der Waals surface area contributed by atoms with E-state index in [1.54, 1.807) is 0 Å². The molecule has 1 aromatic heterocycles. The molecule has 0 atom stereocenters. The van der Waals surface area contributed by atoms with Crippen LogP contribution in [0.1, 0.15) is 23.2 Å². The zero-order valence-corrected chi connectivity index (χ0v) is 9.46. The molecule has 0 bridgehead atoms. The van der Waals surface area contributed by atoms with Crippen molar-refractivity contribution in [2.75, 3.05) is 7.11 Å². The molecule has 9 heteroatoms. The van der Waals surface area contributed by atoms with Crippen molar-refractivity contribution in [3.8, 4) is 5.88 Å². The zero-order chi connectivity index (χ0) is 14.8. The standard InChI is InChI=1S/C10H8F5NO3/c1-19-9-5(10(13,14)15)2-4(8(11)12)6(16-9)3-7(17)18/h2,8H,3H2,1H3,(H,17,18). The minimum absolute atomic E-state index is 0.161. The van der Waals surface area contributed by atoms with Crippen LogP contribution in [-0.4, -0.2) is 23.2 Å². The number of methoxy groups -OCH3 is 1. The molecule has 1 rings (SSSR count). The molecule has 1 heterocycles. The van der Waals surface area contributed by atoms with Gasteiger partial charge in [0.2, 0.25) is 5.88 Å². The van der Waals surface area contributed by atoms with Crippen molar-refractivity contribution in [3.63, 3.8) is 0 Å². The summed E-state index contributed by atoms with van der Waals surface area (Å²) in [5.41, 5.74) is -3.21. The van der Waals surface area contributed by atoms with Gasteiger partial charge in [0.15, 0.2) is 0 Å². The summed E-state index contributed by atoms with van der Waals surface area (Å²) >= 11 is 0. The van der Waals surface area contributed by atoms with E-state index < -0.39 is 47.7 Å². The van der Waals surface area contributed by atoms with Crippen LogP contribution in [0, 0.1) is 0 Å². The number of pyridine rings is 1. The second kappa shape index (κ2) is 5.37. The SMILES string of the molecule is COc1nc(CC(=O)O)c(C(F)F)cc1C(F)(F)F. The largest absolute Gasteiger partial charge is 0.481 e. The third-order valence-electron chi connectivity index (χ3n) is 2.15. The number of hydrogen-bond acceptors (Lipinski definition) is 3. The summed E-state index contributed by atoms with van der Waals surface area (Å²) in [4.78, 5) is 13.7. The molecule has 19 heavy (non-hydrogen) atoms. The summed E-state index contributed by atoms with van der Waals surface area (Å²) in [6.45, 7) is 0. The molecule has 0 saturated carbocycles. The molecule has 106 valence electrons. The Morgan fingerprint density at radius 2 is 2.05 bits per heavy atom. The fraction of sp³-hybridized carbons (Fsp3) is 0.400. The molecule has 0 fully saturated rings. The molecule has 0 aliphatic heterocycles. The smallest absolute Gasteiger partial charge is 0.421 e. The minimum Gasteiger partial charge on any atom is -0.481 e. The maximum atomic E-state index is 12.6. The molecular formula is C10H8F5NO3. The number of hydrogen-bond donors (Lipinski definition) is 1. The predicted molar refractivity (Wildman–Crippen MR) is 52.1 cm³/mol. The Kier molecular flexibility index (Phi) is 4.28. The van der Waals surface area contributed by atoms with E-state index in [1.807, 2.05) is 0 Å². The highest BCUT2D eigenvalue weighted by Gasteiger charge is 2.37. The van der Waals surface area contributed by atoms with Gasteiger partial charge in [-0.15, -0.1) is 0 Å². The van der Waals surface area contributed by atoms with E-state index in [1.165, 1.54) is 0 Å². The molecule has 0 amide bonds. The number of carboxylic acid groups (broad SMARTS) is 1. The average molecular weight is 285 g/mol. The monoisotopic (exact) mass is 285 g/mol. The topological polar surface area (TPSA) is 59.4 Å². The van der Waals surface area contributed by atoms with E-state index in [2.05, 4.69) is 9.72 Å². The van der Waals surface area contributed by atoms with E-state index >= 15 is 0 Å². The Bertz CT molecular complexity index is 487. The zero-order valence-electron chi connectivity index (χ0n) is 9.46. The molecule has 1 N–H and O–H groups in total. The summed E-state index contributed by atoms with van der Waals surface area (Å²) in [5.74, 6) is -2.43. The lowest BCUT2D eigenvalue weighted by atomic mass is 10.1. The van der Waals surface area contributed by atoms with E-state index in [9.17, 15) is 26.7 Å². The highest BCUT2D eigenvalue weighted by atomic mass is 19.4. The highest BCUT2D eigenvalue weighted by molar-refractivity contribution is 5.70. The van der Waals surface area contributed by atoms with Gasteiger partial charge in [0.25, 0.3) is 6.43 Å². The van der Waals surface area contributed by atoms with Crippen molar-refractivity contribution in [2.45, 2.75) is 19.0 Å². The first-order valence-electron chi connectivity index (χ1n) is 4.81. The van der Waals surface area contributed by atoms with Gasteiger partial charge in [-0.2, -0.15) is 13.2 Å². The first-order valence-corrected chi connectivity index (χ1v) is 4.81. The highest BCUT2D eigenvalue weighted by Crippen LogP contribution is 2.38. The molecule has 0 unspecified atom stereocenters. The number of carbonyl (C=O) groups is 1. The van der Waals surface area contributed by atoms with Crippen molar-refractivity contribution in [1.82, 2.24) is 4.98 Å². The predicted octanol–water partition coefficient (Wildman–Crippen LogP) is 2.67. The molecule has 0 aliphatic carbocycles. The first-order chi connectivity index (χ1) is 8.66. The van der Waals surface area contributed by atoms with Crippen molar-refractivity contribution >= 4 is 5.97 Å². The Labute approximate surface area is 103 Å². The van der Waals surface area contributed by atoms with Crippen LogP contribution in [0.5, 0.6) is 5.88 Å². The number of carboxylic acids is 1. The van der Waals surface area contributed by atoms with Gasteiger partial charge < -0.3 is 9.84 Å². The molecule has 0 aliphatic rings. The van der Waals surface area contributed by atoms with Gasteiger partial charge in [0.1, 0.15) is 5.56 Å². The van der Waals surface area contributed by atoms with Crippen molar-refractivity contribution in [3.05, 3.63) is 22.9 Å². The Morgan fingerprint density at radius 3 is 2.42 bits per heavy atom. The lowest BCUT2D eigenvalue weighted by Gasteiger charge is -2.15. The van der Waals surface area contributed by atoms with E-state index in [-0.39, 0.29) is 6.07 Å². The van der Waals surface area contributed by atoms with Gasteiger partial charge in [-0.05, 0) is 6.07 Å². The first kappa shape index (κ1) is 15.1. The number of ether oxygens (including phenoxy) is 1. The number of halogens is 5. The summed E-state index contributed by atoms with van der Waals surface area (Å²) < 4.78 is 67.4. The summed E-state index contributed by atoms with van der Waals surface area (Å²) in [6.07, 6.45) is -9.12. The number of aliphatic carboxylic acids is 1. The Balaban J connectivity index is 3.46. The van der Waals surface area contributed by atoms with E-state index in [0.29, 0.717) is 0 Å². The van der Waals surface area contributed by atoms with Gasteiger partial charge in [-0.25, -0.2) is 13.8 Å². The molecule has 0 saturated heterocycles. The number of aromatic nitrogens is 1. The fourth-order valence-corrected chi connectivity index (χ4v) is 1.38. The van der Waals surface area contributed by atoms with Crippen molar-refractivity contribution in [2.24, 2.45) is 0 Å². The molecule has 0 radical (unpaired) electrons. The van der Waals surface area contributed by atoms with Crippen LogP contribution in [0.3, 0.4) is 0 Å². The third kappa shape index (κ3) is 3.52.